The fraction of sp³-hybridized carbons (Fsp3) is 0. The van der Waals surface area contributed by atoms with Gasteiger partial charge in [-0.25, -0.2) is 0 Å². The second-order valence-corrected chi connectivity index (χ2v) is 4.58. The third kappa shape index (κ3) is 3.88. The zero-order valence-corrected chi connectivity index (χ0v) is 12.2. The van der Waals surface area contributed by atoms with Crippen LogP contribution in [0, 0.1) is 20.2 Å². The SMILES string of the molecule is NC(N)=NN=C(c1ccc([N+](=O)[O-])cc1)c1ccc([N+](=O)[O-])cc1. The van der Waals surface area contributed by atoms with Gasteiger partial charge in [0, 0.05) is 35.4 Å². The van der Waals surface area contributed by atoms with Gasteiger partial charge in [-0.05, 0) is 24.3 Å². The molecule has 0 spiro atoms. The minimum absolute atomic E-state index is 0.0800. The van der Waals surface area contributed by atoms with Crippen molar-refractivity contribution in [1.82, 2.24) is 0 Å². The van der Waals surface area contributed by atoms with Crippen molar-refractivity contribution < 1.29 is 9.85 Å². The fourth-order valence-electron chi connectivity index (χ4n) is 1.87. The lowest BCUT2D eigenvalue weighted by Crippen LogP contribution is -2.22. The Kier molecular flexibility index (Phi) is 4.80. The molecule has 0 aliphatic carbocycles. The average molecular weight is 328 g/mol. The molecule has 0 aliphatic rings. The molecule has 2 aromatic carbocycles. The van der Waals surface area contributed by atoms with E-state index in [2.05, 4.69) is 10.2 Å². The summed E-state index contributed by atoms with van der Waals surface area (Å²) in [6.07, 6.45) is 0. The lowest BCUT2D eigenvalue weighted by molar-refractivity contribution is -0.385. The van der Waals surface area contributed by atoms with Gasteiger partial charge in [-0.1, -0.05) is 0 Å². The van der Waals surface area contributed by atoms with Gasteiger partial charge < -0.3 is 11.5 Å². The van der Waals surface area contributed by atoms with E-state index in [4.69, 9.17) is 11.5 Å². The Bertz CT molecular complexity index is 764. The van der Waals surface area contributed by atoms with Crippen molar-refractivity contribution in [2.24, 2.45) is 21.7 Å². The number of guanidine groups is 1. The van der Waals surface area contributed by atoms with Crippen molar-refractivity contribution >= 4 is 23.0 Å². The molecule has 0 aliphatic heterocycles. The highest BCUT2D eigenvalue weighted by Crippen LogP contribution is 2.19. The molecule has 0 heterocycles. The number of benzene rings is 2. The number of nitro groups is 2. The lowest BCUT2D eigenvalue weighted by atomic mass is 10.0. The monoisotopic (exact) mass is 328 g/mol. The number of nitrogens with two attached hydrogens (primary N) is 2. The van der Waals surface area contributed by atoms with Crippen LogP contribution in [0.2, 0.25) is 0 Å². The number of nitrogens with zero attached hydrogens (tertiary/aromatic N) is 4. The molecule has 2 aromatic rings. The van der Waals surface area contributed by atoms with E-state index in [1.807, 2.05) is 0 Å². The van der Waals surface area contributed by atoms with E-state index < -0.39 is 9.85 Å². The maximum Gasteiger partial charge on any atom is 0.269 e. The first-order valence-corrected chi connectivity index (χ1v) is 6.54. The average Bonchev–Trinajstić information content (AvgIpc) is 2.55. The van der Waals surface area contributed by atoms with Crippen LogP contribution in [0.25, 0.3) is 0 Å². The fourth-order valence-corrected chi connectivity index (χ4v) is 1.87. The van der Waals surface area contributed by atoms with Crippen LogP contribution in [0.5, 0.6) is 0 Å². The zero-order valence-electron chi connectivity index (χ0n) is 12.2. The molecular weight excluding hydrogens is 316 g/mol. The summed E-state index contributed by atoms with van der Waals surface area (Å²) >= 11 is 0. The van der Waals surface area contributed by atoms with Crippen molar-refractivity contribution in [2.75, 3.05) is 0 Å². The summed E-state index contributed by atoms with van der Waals surface area (Å²) in [6.45, 7) is 0. The minimum atomic E-state index is -0.525. The van der Waals surface area contributed by atoms with Gasteiger partial charge in [0.15, 0.2) is 0 Å². The summed E-state index contributed by atoms with van der Waals surface area (Å²) in [5, 5.41) is 29.0. The normalized spacial score (nSPS) is 9.83. The van der Waals surface area contributed by atoms with Gasteiger partial charge in [0.1, 0.15) is 5.71 Å². The molecule has 0 saturated heterocycles. The Morgan fingerprint density at radius 2 is 1.12 bits per heavy atom. The molecule has 10 heteroatoms. The predicted molar refractivity (Wildman–Crippen MR) is 87.6 cm³/mol. The molecule has 2 rings (SSSR count). The predicted octanol–water partition coefficient (Wildman–Crippen LogP) is 1.53. The van der Waals surface area contributed by atoms with E-state index in [9.17, 15) is 20.2 Å². The highest BCUT2D eigenvalue weighted by atomic mass is 16.6. The molecule has 24 heavy (non-hydrogen) atoms. The Labute approximate surface area is 135 Å². The number of nitro benzene ring substituents is 2. The van der Waals surface area contributed by atoms with Crippen LogP contribution in [-0.4, -0.2) is 21.5 Å². The molecule has 122 valence electrons. The van der Waals surface area contributed by atoms with E-state index >= 15 is 0 Å². The molecule has 0 radical (unpaired) electrons. The molecule has 4 N–H and O–H groups in total. The summed E-state index contributed by atoms with van der Waals surface area (Å²) in [7, 11) is 0. The number of hydrogen-bond donors (Lipinski definition) is 2. The van der Waals surface area contributed by atoms with Crippen LogP contribution < -0.4 is 11.5 Å². The quantitative estimate of drug-likeness (QED) is 0.366. The molecule has 0 atom stereocenters. The summed E-state index contributed by atoms with van der Waals surface area (Å²) in [5.41, 5.74) is 11.7. The first-order valence-electron chi connectivity index (χ1n) is 6.54. The van der Waals surface area contributed by atoms with Crippen molar-refractivity contribution in [3.05, 3.63) is 79.9 Å². The third-order valence-corrected chi connectivity index (χ3v) is 2.97. The molecule has 0 saturated carbocycles. The van der Waals surface area contributed by atoms with E-state index in [1.165, 1.54) is 48.5 Å². The maximum atomic E-state index is 10.7. The molecule has 10 nitrogen and oxygen atoms in total. The second kappa shape index (κ2) is 6.96. The topological polar surface area (TPSA) is 163 Å². The lowest BCUT2D eigenvalue weighted by Gasteiger charge is -2.05. The van der Waals surface area contributed by atoms with Crippen molar-refractivity contribution in [3.8, 4) is 0 Å². The van der Waals surface area contributed by atoms with Gasteiger partial charge in [-0.3, -0.25) is 20.2 Å². The molecule has 0 bridgehead atoms. The Balaban J connectivity index is 2.48. The van der Waals surface area contributed by atoms with Crippen molar-refractivity contribution in [3.63, 3.8) is 0 Å². The standard InChI is InChI=1S/C14H12N6O4/c15-14(16)18-17-13(9-1-5-11(6-2-9)19(21)22)10-3-7-12(8-4-10)20(23)24/h1-8H,(H4,15,16,18). The summed E-state index contributed by atoms with van der Waals surface area (Å²) < 4.78 is 0. The minimum Gasteiger partial charge on any atom is -0.369 e. The van der Waals surface area contributed by atoms with Crippen LogP contribution in [0.3, 0.4) is 0 Å². The van der Waals surface area contributed by atoms with Gasteiger partial charge >= 0.3 is 0 Å². The Hall–Kier alpha value is -3.82. The van der Waals surface area contributed by atoms with Gasteiger partial charge in [0.25, 0.3) is 11.4 Å². The van der Waals surface area contributed by atoms with Gasteiger partial charge in [-0.2, -0.15) is 0 Å². The van der Waals surface area contributed by atoms with E-state index in [1.54, 1.807) is 0 Å². The van der Waals surface area contributed by atoms with Crippen LogP contribution in [0.1, 0.15) is 11.1 Å². The first kappa shape index (κ1) is 16.5. The molecular formula is C14H12N6O4. The Morgan fingerprint density at radius 3 is 1.42 bits per heavy atom. The van der Waals surface area contributed by atoms with E-state index in [-0.39, 0.29) is 17.3 Å². The molecule has 0 unspecified atom stereocenters. The first-order chi connectivity index (χ1) is 11.4. The van der Waals surface area contributed by atoms with Gasteiger partial charge in [0.2, 0.25) is 5.96 Å². The van der Waals surface area contributed by atoms with Gasteiger partial charge in [-0.15, -0.1) is 10.2 Å². The molecule has 0 fully saturated rings. The van der Waals surface area contributed by atoms with Crippen LogP contribution in [-0.2, 0) is 0 Å². The second-order valence-electron chi connectivity index (χ2n) is 4.58. The molecule has 0 aromatic heterocycles. The number of non-ortho nitro benzene ring substituents is 2. The summed E-state index contributed by atoms with van der Waals surface area (Å²) in [5.74, 6) is -0.267. The highest BCUT2D eigenvalue weighted by molar-refractivity contribution is 6.13. The number of hydrogen-bond acceptors (Lipinski definition) is 6. The van der Waals surface area contributed by atoms with E-state index in [0.717, 1.165) is 0 Å². The van der Waals surface area contributed by atoms with Crippen molar-refractivity contribution in [1.29, 1.82) is 0 Å². The molecule has 0 amide bonds. The maximum absolute atomic E-state index is 10.7. The van der Waals surface area contributed by atoms with Crippen LogP contribution >= 0.6 is 0 Å². The van der Waals surface area contributed by atoms with Crippen LogP contribution in [0.4, 0.5) is 11.4 Å². The van der Waals surface area contributed by atoms with Gasteiger partial charge in [0.05, 0.1) is 9.85 Å². The highest BCUT2D eigenvalue weighted by Gasteiger charge is 2.12. The smallest absolute Gasteiger partial charge is 0.269 e. The van der Waals surface area contributed by atoms with Crippen LogP contribution in [0.15, 0.2) is 58.7 Å². The zero-order chi connectivity index (χ0) is 17.7. The summed E-state index contributed by atoms with van der Waals surface area (Å²) in [4.78, 5) is 20.4. The van der Waals surface area contributed by atoms with E-state index in [0.29, 0.717) is 16.8 Å². The van der Waals surface area contributed by atoms with Crippen molar-refractivity contribution in [2.45, 2.75) is 0 Å². The number of rotatable bonds is 5. The summed E-state index contributed by atoms with van der Waals surface area (Å²) in [6, 6.07) is 11.2. The Morgan fingerprint density at radius 1 is 0.750 bits per heavy atom. The third-order valence-electron chi connectivity index (χ3n) is 2.97. The largest absolute Gasteiger partial charge is 0.369 e.